The number of hydrogen-bond donors (Lipinski definition) is 2. The fourth-order valence-corrected chi connectivity index (χ4v) is 4.02. The molecule has 0 bridgehead atoms. The molecule has 3 aromatic rings. The van der Waals surface area contributed by atoms with Gasteiger partial charge >= 0.3 is 0 Å². The van der Waals surface area contributed by atoms with Gasteiger partial charge in [-0.25, -0.2) is 0 Å². The van der Waals surface area contributed by atoms with Gasteiger partial charge in [0.15, 0.2) is 23.0 Å². The molecule has 0 spiro atoms. The summed E-state index contributed by atoms with van der Waals surface area (Å²) in [4.78, 5) is 12.4. The minimum absolute atomic E-state index is 0.0437. The Hall–Kier alpha value is -3.61. The summed E-state index contributed by atoms with van der Waals surface area (Å²) in [7, 11) is 0. The van der Waals surface area contributed by atoms with E-state index in [0.29, 0.717) is 40.5 Å². The molecule has 0 fully saturated rings. The largest absolute Gasteiger partial charge is 0.506 e. The van der Waals surface area contributed by atoms with Gasteiger partial charge in [-0.05, 0) is 41.0 Å². The Kier molecular flexibility index (Phi) is 2.68. The van der Waals surface area contributed by atoms with E-state index in [0.717, 1.165) is 22.1 Å². The van der Waals surface area contributed by atoms with Crippen molar-refractivity contribution in [2.75, 3.05) is 13.6 Å². The molecular weight excluding hydrogens is 350 g/mol. The van der Waals surface area contributed by atoms with Crippen LogP contribution in [0.5, 0.6) is 28.7 Å². The van der Waals surface area contributed by atoms with E-state index in [-0.39, 0.29) is 25.2 Å². The van der Waals surface area contributed by atoms with Gasteiger partial charge in [0.2, 0.25) is 13.6 Å². The first-order chi connectivity index (χ1) is 13.2. The van der Waals surface area contributed by atoms with Crippen LogP contribution in [0, 0.1) is 0 Å². The standard InChI is InChI=1S/C20H13NO6/c22-18-10-2-4-13-19(27-8-25-13)16(10)15(11-6-21-20(23)17(11)18)9-1-3-12-14(5-9)26-7-24-12/h1-5,22H,6-8H2,(H,21,23). The minimum Gasteiger partial charge on any atom is -0.506 e. The second-order valence-corrected chi connectivity index (χ2v) is 6.55. The van der Waals surface area contributed by atoms with Gasteiger partial charge in [0.05, 0.1) is 5.56 Å². The van der Waals surface area contributed by atoms with Gasteiger partial charge < -0.3 is 29.4 Å². The molecule has 0 aliphatic carbocycles. The molecule has 0 radical (unpaired) electrons. The predicted molar refractivity (Wildman–Crippen MR) is 94.5 cm³/mol. The third kappa shape index (κ3) is 1.83. The highest BCUT2D eigenvalue weighted by molar-refractivity contribution is 6.15. The highest BCUT2D eigenvalue weighted by Gasteiger charge is 2.33. The minimum atomic E-state index is -0.288. The molecule has 6 rings (SSSR count). The lowest BCUT2D eigenvalue weighted by atomic mass is 9.89. The van der Waals surface area contributed by atoms with Gasteiger partial charge in [-0.3, -0.25) is 4.79 Å². The zero-order valence-electron chi connectivity index (χ0n) is 14.0. The van der Waals surface area contributed by atoms with Gasteiger partial charge in [0.1, 0.15) is 5.75 Å². The summed E-state index contributed by atoms with van der Waals surface area (Å²) in [5, 5.41) is 14.9. The molecule has 0 aromatic heterocycles. The van der Waals surface area contributed by atoms with Gasteiger partial charge in [-0.1, -0.05) is 6.07 Å². The van der Waals surface area contributed by atoms with Crippen LogP contribution in [0.15, 0.2) is 30.3 Å². The molecule has 0 atom stereocenters. The van der Waals surface area contributed by atoms with Crippen molar-refractivity contribution >= 4 is 16.7 Å². The van der Waals surface area contributed by atoms with Crippen LogP contribution in [-0.4, -0.2) is 24.6 Å². The van der Waals surface area contributed by atoms with Gasteiger partial charge in [-0.2, -0.15) is 0 Å². The summed E-state index contributed by atoms with van der Waals surface area (Å²) in [6.45, 7) is 0.621. The molecule has 3 aliphatic rings. The maximum Gasteiger partial charge on any atom is 0.255 e. The maximum absolute atomic E-state index is 12.4. The van der Waals surface area contributed by atoms with Crippen molar-refractivity contribution in [3.63, 3.8) is 0 Å². The lowest BCUT2D eigenvalue weighted by molar-refractivity contribution is 0.0963. The lowest BCUT2D eigenvalue weighted by Crippen LogP contribution is -2.12. The quantitative estimate of drug-likeness (QED) is 0.691. The van der Waals surface area contributed by atoms with Crippen LogP contribution < -0.4 is 24.3 Å². The van der Waals surface area contributed by atoms with Crippen LogP contribution in [0.25, 0.3) is 21.9 Å². The summed E-state index contributed by atoms with van der Waals surface area (Å²) in [5.74, 6) is 2.17. The Morgan fingerprint density at radius 2 is 1.67 bits per heavy atom. The summed E-state index contributed by atoms with van der Waals surface area (Å²) < 4.78 is 22.2. The molecule has 0 saturated carbocycles. The molecule has 7 nitrogen and oxygen atoms in total. The molecule has 7 heteroatoms. The Morgan fingerprint density at radius 3 is 2.59 bits per heavy atom. The van der Waals surface area contributed by atoms with Crippen molar-refractivity contribution in [2.45, 2.75) is 6.54 Å². The first-order valence-electron chi connectivity index (χ1n) is 8.50. The number of aromatic hydroxyl groups is 1. The highest BCUT2D eigenvalue weighted by atomic mass is 16.7. The average molecular weight is 363 g/mol. The van der Waals surface area contributed by atoms with Crippen LogP contribution in [0.4, 0.5) is 0 Å². The number of nitrogens with one attached hydrogen (secondary N) is 1. The van der Waals surface area contributed by atoms with E-state index in [1.54, 1.807) is 12.1 Å². The van der Waals surface area contributed by atoms with Gasteiger partial charge in [-0.15, -0.1) is 0 Å². The summed E-state index contributed by atoms with van der Waals surface area (Å²) >= 11 is 0. The van der Waals surface area contributed by atoms with E-state index in [1.165, 1.54) is 0 Å². The molecule has 27 heavy (non-hydrogen) atoms. The van der Waals surface area contributed by atoms with Crippen LogP contribution in [0.1, 0.15) is 15.9 Å². The second-order valence-electron chi connectivity index (χ2n) is 6.55. The molecule has 2 N–H and O–H groups in total. The molecular formula is C20H13NO6. The number of ether oxygens (including phenoxy) is 4. The van der Waals surface area contributed by atoms with E-state index in [1.807, 2.05) is 18.2 Å². The average Bonchev–Trinajstić information content (AvgIpc) is 3.40. The Bertz CT molecular complexity index is 1170. The van der Waals surface area contributed by atoms with E-state index < -0.39 is 0 Å². The van der Waals surface area contributed by atoms with Crippen LogP contribution in [-0.2, 0) is 6.54 Å². The lowest BCUT2D eigenvalue weighted by Gasteiger charge is -2.16. The smallest absolute Gasteiger partial charge is 0.255 e. The summed E-state index contributed by atoms with van der Waals surface area (Å²) in [5.41, 5.74) is 2.69. The van der Waals surface area contributed by atoms with E-state index >= 15 is 0 Å². The van der Waals surface area contributed by atoms with E-state index in [4.69, 9.17) is 18.9 Å². The predicted octanol–water partition coefficient (Wildman–Crippen LogP) is 2.91. The van der Waals surface area contributed by atoms with Gasteiger partial charge in [0.25, 0.3) is 5.91 Å². The van der Waals surface area contributed by atoms with Gasteiger partial charge in [0, 0.05) is 17.3 Å². The number of carbonyl (C=O) groups is 1. The monoisotopic (exact) mass is 363 g/mol. The van der Waals surface area contributed by atoms with Crippen LogP contribution in [0.3, 0.4) is 0 Å². The summed E-state index contributed by atoms with van der Waals surface area (Å²) in [6, 6.07) is 9.13. The third-order valence-electron chi connectivity index (χ3n) is 5.20. The van der Waals surface area contributed by atoms with E-state index in [9.17, 15) is 9.90 Å². The Balaban J connectivity index is 1.76. The van der Waals surface area contributed by atoms with Crippen LogP contribution in [0.2, 0.25) is 0 Å². The molecule has 0 unspecified atom stereocenters. The number of carbonyl (C=O) groups excluding carboxylic acids is 1. The molecule has 3 aromatic carbocycles. The second kappa shape index (κ2) is 4.97. The van der Waals surface area contributed by atoms with Crippen molar-refractivity contribution in [1.29, 1.82) is 0 Å². The Labute approximate surface area is 153 Å². The first-order valence-corrected chi connectivity index (χ1v) is 8.50. The number of benzene rings is 3. The number of fused-ring (bicyclic) bond motifs is 5. The highest BCUT2D eigenvalue weighted by Crippen LogP contribution is 2.51. The Morgan fingerprint density at radius 1 is 0.889 bits per heavy atom. The zero-order valence-corrected chi connectivity index (χ0v) is 14.0. The van der Waals surface area contributed by atoms with Crippen molar-refractivity contribution in [1.82, 2.24) is 5.32 Å². The summed E-state index contributed by atoms with van der Waals surface area (Å²) in [6.07, 6.45) is 0. The third-order valence-corrected chi connectivity index (χ3v) is 5.20. The fourth-order valence-electron chi connectivity index (χ4n) is 4.02. The molecule has 1 amide bonds. The zero-order chi connectivity index (χ0) is 18.1. The topological polar surface area (TPSA) is 86.3 Å². The maximum atomic E-state index is 12.4. The molecule has 0 saturated heterocycles. The van der Waals surface area contributed by atoms with Crippen molar-refractivity contribution in [2.24, 2.45) is 0 Å². The number of amides is 1. The van der Waals surface area contributed by atoms with Crippen molar-refractivity contribution in [3.8, 4) is 39.9 Å². The SMILES string of the molecule is O=C1NCc2c1c(O)c1ccc3c(c1c2-c1ccc2c(c1)OCO2)OCO3. The van der Waals surface area contributed by atoms with Crippen molar-refractivity contribution < 1.29 is 28.8 Å². The number of phenolic OH excluding ortho intramolecular Hbond substituents is 1. The normalized spacial score (nSPS) is 15.9. The van der Waals surface area contributed by atoms with Crippen LogP contribution >= 0.6 is 0 Å². The number of rotatable bonds is 1. The molecule has 3 aliphatic heterocycles. The van der Waals surface area contributed by atoms with E-state index in [2.05, 4.69) is 5.32 Å². The molecule has 3 heterocycles. The molecule has 134 valence electrons. The fraction of sp³-hybridized carbons (Fsp3) is 0.150. The first kappa shape index (κ1) is 14.5. The number of phenols is 1. The number of hydrogen-bond acceptors (Lipinski definition) is 6. The van der Waals surface area contributed by atoms with Crippen molar-refractivity contribution in [3.05, 3.63) is 41.5 Å².